The van der Waals surface area contributed by atoms with Crippen molar-refractivity contribution < 1.29 is 0 Å². The highest BCUT2D eigenvalue weighted by atomic mass is 14.2. The van der Waals surface area contributed by atoms with Crippen molar-refractivity contribution in [2.24, 2.45) is 0 Å². The fourth-order valence-electron chi connectivity index (χ4n) is 3.25. The zero-order valence-electron chi connectivity index (χ0n) is 16.6. The molecule has 1 nitrogen and oxygen atoms in total. The van der Waals surface area contributed by atoms with Crippen LogP contribution in [0.5, 0.6) is 0 Å². The highest BCUT2D eigenvalue weighted by molar-refractivity contribution is 5.75. The van der Waals surface area contributed by atoms with Gasteiger partial charge in [-0.05, 0) is 72.7 Å². The van der Waals surface area contributed by atoms with Crippen LogP contribution in [0.25, 0.3) is 22.3 Å². The summed E-state index contributed by atoms with van der Waals surface area (Å²) >= 11 is 0. The van der Waals surface area contributed by atoms with Gasteiger partial charge in [-0.2, -0.15) is 5.26 Å². The molecule has 3 aromatic rings. The summed E-state index contributed by atoms with van der Waals surface area (Å²) in [5.74, 6) is 0. The van der Waals surface area contributed by atoms with Gasteiger partial charge in [0.05, 0.1) is 11.6 Å². The molecule has 0 aliphatic carbocycles. The summed E-state index contributed by atoms with van der Waals surface area (Å²) in [4.78, 5) is 0. The van der Waals surface area contributed by atoms with Gasteiger partial charge in [-0.25, -0.2) is 0 Å². The van der Waals surface area contributed by atoms with E-state index in [1.807, 2.05) is 32.9 Å². The van der Waals surface area contributed by atoms with Crippen LogP contribution in [-0.2, 0) is 0 Å². The summed E-state index contributed by atoms with van der Waals surface area (Å²) in [6.07, 6.45) is 0. The van der Waals surface area contributed by atoms with Gasteiger partial charge in [0.1, 0.15) is 0 Å². The lowest BCUT2D eigenvalue weighted by atomic mass is 9.92. The normalized spacial score (nSPS) is 9.88. The van der Waals surface area contributed by atoms with Crippen LogP contribution < -0.4 is 0 Å². The van der Waals surface area contributed by atoms with E-state index in [0.29, 0.717) is 0 Å². The van der Waals surface area contributed by atoms with E-state index in [1.54, 1.807) is 0 Å². The summed E-state index contributed by atoms with van der Waals surface area (Å²) in [7, 11) is 0. The van der Waals surface area contributed by atoms with E-state index >= 15 is 0 Å². The van der Waals surface area contributed by atoms with Crippen molar-refractivity contribution in [3.05, 3.63) is 82.4 Å². The summed E-state index contributed by atoms with van der Waals surface area (Å²) in [6.45, 7) is 12.4. The minimum absolute atomic E-state index is 0.739. The molecular weight excluding hydrogens is 314 g/mol. The van der Waals surface area contributed by atoms with Crippen molar-refractivity contribution in [2.75, 3.05) is 0 Å². The standard InChI is InChI=1S/C23H21N.C2H6/c1-15-5-9-22(17(3)11-15)20-8-10-23(18(4)13-20)19-6-7-21(14-24)16(2)12-19;1-2/h5-13H,1-4H3;1-2H3. The summed E-state index contributed by atoms with van der Waals surface area (Å²) in [6, 6.07) is 21.5. The van der Waals surface area contributed by atoms with Crippen LogP contribution in [0, 0.1) is 39.0 Å². The molecule has 132 valence electrons. The molecule has 0 N–H and O–H groups in total. The quantitative estimate of drug-likeness (QED) is 0.485. The molecule has 0 spiro atoms. The molecule has 0 fully saturated rings. The highest BCUT2D eigenvalue weighted by Crippen LogP contribution is 2.31. The third-order valence-corrected chi connectivity index (χ3v) is 4.58. The maximum Gasteiger partial charge on any atom is 0.0994 e. The SMILES string of the molecule is CC.Cc1ccc(-c2ccc(-c3ccc(C#N)c(C)c3)c(C)c2)c(C)c1. The van der Waals surface area contributed by atoms with Crippen molar-refractivity contribution in [2.45, 2.75) is 41.5 Å². The minimum atomic E-state index is 0.739. The Hall–Kier alpha value is -2.85. The fourth-order valence-corrected chi connectivity index (χ4v) is 3.25. The van der Waals surface area contributed by atoms with Gasteiger partial charge in [0.15, 0.2) is 0 Å². The number of hydrogen-bond donors (Lipinski definition) is 0. The smallest absolute Gasteiger partial charge is 0.0994 e. The number of benzene rings is 3. The van der Waals surface area contributed by atoms with Gasteiger partial charge < -0.3 is 0 Å². The second-order valence-electron chi connectivity index (χ2n) is 6.49. The van der Waals surface area contributed by atoms with Crippen molar-refractivity contribution in [3.8, 4) is 28.3 Å². The number of rotatable bonds is 2. The molecule has 0 saturated heterocycles. The Balaban J connectivity index is 0.00000117. The third kappa shape index (κ3) is 4.03. The summed E-state index contributed by atoms with van der Waals surface area (Å²) < 4.78 is 0. The molecule has 3 rings (SSSR count). The molecule has 0 radical (unpaired) electrons. The van der Waals surface area contributed by atoms with E-state index in [1.165, 1.54) is 33.4 Å². The molecule has 0 unspecified atom stereocenters. The molecule has 0 bridgehead atoms. The second kappa shape index (κ2) is 8.50. The molecule has 0 aromatic heterocycles. The molecule has 0 aliphatic rings. The van der Waals surface area contributed by atoms with Crippen molar-refractivity contribution in [1.29, 1.82) is 5.26 Å². The van der Waals surface area contributed by atoms with Crippen LogP contribution in [0.1, 0.15) is 41.7 Å². The molecular formula is C25H27N. The molecule has 26 heavy (non-hydrogen) atoms. The number of hydrogen-bond acceptors (Lipinski definition) is 1. The van der Waals surface area contributed by atoms with Crippen LogP contribution in [0.4, 0.5) is 0 Å². The lowest BCUT2D eigenvalue weighted by Crippen LogP contribution is -1.90. The van der Waals surface area contributed by atoms with E-state index in [4.69, 9.17) is 5.26 Å². The monoisotopic (exact) mass is 341 g/mol. The Morgan fingerprint density at radius 3 is 1.62 bits per heavy atom. The first-order valence-electron chi connectivity index (χ1n) is 9.19. The Labute approximate surface area is 157 Å². The van der Waals surface area contributed by atoms with E-state index in [2.05, 4.69) is 69.3 Å². The predicted octanol–water partition coefficient (Wildman–Crippen LogP) is 7.15. The van der Waals surface area contributed by atoms with Crippen molar-refractivity contribution in [3.63, 3.8) is 0 Å². The fraction of sp³-hybridized carbons (Fsp3) is 0.240. The number of nitriles is 1. The number of aryl methyl sites for hydroxylation is 4. The average Bonchev–Trinajstić information content (AvgIpc) is 2.63. The van der Waals surface area contributed by atoms with E-state index in [9.17, 15) is 0 Å². The van der Waals surface area contributed by atoms with Crippen LogP contribution in [-0.4, -0.2) is 0 Å². The first kappa shape index (κ1) is 19.5. The van der Waals surface area contributed by atoms with Gasteiger partial charge in [-0.3, -0.25) is 0 Å². The third-order valence-electron chi connectivity index (χ3n) is 4.58. The topological polar surface area (TPSA) is 23.8 Å². The molecule has 0 saturated carbocycles. The number of nitrogens with zero attached hydrogens (tertiary/aromatic N) is 1. The Morgan fingerprint density at radius 1 is 0.615 bits per heavy atom. The average molecular weight is 341 g/mol. The Kier molecular flexibility index (Phi) is 6.36. The maximum atomic E-state index is 9.09. The van der Waals surface area contributed by atoms with Gasteiger partial charge in [0, 0.05) is 0 Å². The lowest BCUT2D eigenvalue weighted by molar-refractivity contribution is 1.36. The molecule has 0 amide bonds. The summed E-state index contributed by atoms with van der Waals surface area (Å²) in [5, 5.41) is 9.09. The molecule has 0 atom stereocenters. The largest absolute Gasteiger partial charge is 0.192 e. The molecule has 0 aliphatic heterocycles. The minimum Gasteiger partial charge on any atom is -0.192 e. The van der Waals surface area contributed by atoms with Crippen molar-refractivity contribution >= 4 is 0 Å². The molecule has 0 heterocycles. The van der Waals surface area contributed by atoms with Gasteiger partial charge in [0.25, 0.3) is 0 Å². The predicted molar refractivity (Wildman–Crippen MR) is 112 cm³/mol. The maximum absolute atomic E-state index is 9.09. The first-order chi connectivity index (χ1) is 12.5. The lowest BCUT2D eigenvalue weighted by Gasteiger charge is -2.12. The van der Waals surface area contributed by atoms with E-state index in [-0.39, 0.29) is 0 Å². The molecule has 3 aromatic carbocycles. The summed E-state index contributed by atoms with van der Waals surface area (Å²) in [5.41, 5.74) is 10.5. The first-order valence-corrected chi connectivity index (χ1v) is 9.19. The van der Waals surface area contributed by atoms with Crippen LogP contribution in [0.2, 0.25) is 0 Å². The van der Waals surface area contributed by atoms with E-state index in [0.717, 1.165) is 16.7 Å². The zero-order valence-corrected chi connectivity index (χ0v) is 16.6. The molecule has 1 heteroatoms. The Morgan fingerprint density at radius 2 is 1.12 bits per heavy atom. The van der Waals surface area contributed by atoms with Gasteiger partial charge in [0.2, 0.25) is 0 Å². The zero-order chi connectivity index (χ0) is 19.3. The highest BCUT2D eigenvalue weighted by Gasteiger charge is 2.08. The Bertz CT molecular complexity index is 958. The van der Waals surface area contributed by atoms with Crippen molar-refractivity contribution in [1.82, 2.24) is 0 Å². The van der Waals surface area contributed by atoms with Crippen LogP contribution >= 0.6 is 0 Å². The van der Waals surface area contributed by atoms with Gasteiger partial charge in [-0.15, -0.1) is 0 Å². The second-order valence-corrected chi connectivity index (χ2v) is 6.49. The van der Waals surface area contributed by atoms with Crippen LogP contribution in [0.15, 0.2) is 54.6 Å². The van der Waals surface area contributed by atoms with Gasteiger partial charge >= 0.3 is 0 Å². The van der Waals surface area contributed by atoms with Crippen LogP contribution in [0.3, 0.4) is 0 Å². The van der Waals surface area contributed by atoms with Gasteiger partial charge in [-0.1, -0.05) is 67.9 Å². The van der Waals surface area contributed by atoms with E-state index < -0.39 is 0 Å².